The molecule has 2 rings (SSSR count). The zero-order chi connectivity index (χ0) is 17.0. The Bertz CT molecular complexity index is 718. The maximum atomic E-state index is 14.6. The molecule has 1 aromatic carbocycles. The molecule has 0 bridgehead atoms. The molecular formula is C14H15Cl2FNO3PS. The minimum absolute atomic E-state index is 0.0151. The van der Waals surface area contributed by atoms with Gasteiger partial charge < -0.3 is 9.05 Å². The van der Waals surface area contributed by atoms with Crippen molar-refractivity contribution < 1.29 is 18.0 Å². The van der Waals surface area contributed by atoms with Gasteiger partial charge in [0.25, 0.3) is 0 Å². The monoisotopic (exact) mass is 397 g/mol. The van der Waals surface area contributed by atoms with Crippen molar-refractivity contribution in [2.45, 2.75) is 19.8 Å². The fraction of sp³-hybridized carbons (Fsp3) is 0.357. The van der Waals surface area contributed by atoms with Crippen LogP contribution in [0.4, 0.5) is 4.39 Å². The van der Waals surface area contributed by atoms with Crippen LogP contribution in [-0.4, -0.2) is 18.2 Å². The highest BCUT2D eigenvalue weighted by molar-refractivity contribution is 7.54. The lowest BCUT2D eigenvalue weighted by molar-refractivity contribution is 0.189. The molecule has 1 unspecified atom stereocenters. The Kier molecular flexibility index (Phi) is 6.60. The molecule has 9 heteroatoms. The smallest absolute Gasteiger partial charge is 0.307 e. The lowest BCUT2D eigenvalue weighted by Gasteiger charge is -2.19. The molecule has 0 amide bonds. The van der Waals surface area contributed by atoms with Crippen LogP contribution in [0, 0.1) is 0 Å². The number of halogens is 3. The second kappa shape index (κ2) is 8.06. The molecule has 0 aliphatic carbocycles. The second-order valence-electron chi connectivity index (χ2n) is 4.42. The normalized spacial score (nSPS) is 13.3. The fourth-order valence-corrected chi connectivity index (χ4v) is 4.58. The quantitative estimate of drug-likeness (QED) is 0.510. The van der Waals surface area contributed by atoms with Crippen molar-refractivity contribution in [3.63, 3.8) is 0 Å². The third-order valence-corrected chi connectivity index (χ3v) is 6.53. The first-order valence-corrected chi connectivity index (χ1v) is 10.1. The zero-order valence-electron chi connectivity index (χ0n) is 12.5. The minimum atomic E-state index is -3.90. The number of hydrogen-bond donors (Lipinski definition) is 0. The van der Waals surface area contributed by atoms with Gasteiger partial charge in [0, 0.05) is 10.9 Å². The first-order chi connectivity index (χ1) is 10.9. The maximum absolute atomic E-state index is 14.6. The van der Waals surface area contributed by atoms with Crippen LogP contribution in [0.25, 0.3) is 10.6 Å². The van der Waals surface area contributed by atoms with E-state index < -0.39 is 13.5 Å². The molecule has 0 spiro atoms. The van der Waals surface area contributed by atoms with E-state index in [0.717, 1.165) is 0 Å². The molecule has 126 valence electrons. The molecule has 0 aliphatic heterocycles. The SMILES string of the molecule is CCOP(=O)(OCC)C(F)c1csc(-c2ccc(Cl)c(Cl)c2)n1. The van der Waals surface area contributed by atoms with Crippen LogP contribution >= 0.6 is 42.1 Å². The van der Waals surface area contributed by atoms with Crippen LogP contribution in [0.1, 0.15) is 25.5 Å². The Hall–Kier alpha value is -0.490. The Morgan fingerprint density at radius 2 is 1.91 bits per heavy atom. The summed E-state index contributed by atoms with van der Waals surface area (Å²) in [6, 6.07) is 5.01. The Labute approximate surface area is 148 Å². The van der Waals surface area contributed by atoms with Crippen LogP contribution in [-0.2, 0) is 13.6 Å². The van der Waals surface area contributed by atoms with Gasteiger partial charge in [-0.15, -0.1) is 11.3 Å². The number of nitrogens with zero attached hydrogens (tertiary/aromatic N) is 1. The summed E-state index contributed by atoms with van der Waals surface area (Å²) in [5.74, 6) is -1.94. The number of rotatable bonds is 7. The third-order valence-electron chi connectivity index (χ3n) is 2.83. The van der Waals surface area contributed by atoms with Crippen LogP contribution in [0.3, 0.4) is 0 Å². The van der Waals surface area contributed by atoms with Crippen molar-refractivity contribution in [1.82, 2.24) is 4.98 Å². The van der Waals surface area contributed by atoms with Gasteiger partial charge in [-0.05, 0) is 26.0 Å². The topological polar surface area (TPSA) is 48.4 Å². The Balaban J connectivity index is 2.30. The van der Waals surface area contributed by atoms with Crippen LogP contribution < -0.4 is 0 Å². The van der Waals surface area contributed by atoms with Gasteiger partial charge in [0.05, 0.1) is 29.0 Å². The van der Waals surface area contributed by atoms with Gasteiger partial charge in [0.1, 0.15) is 5.01 Å². The minimum Gasteiger partial charge on any atom is -0.307 e. The highest BCUT2D eigenvalue weighted by Crippen LogP contribution is 2.61. The van der Waals surface area contributed by atoms with E-state index in [1.54, 1.807) is 32.0 Å². The van der Waals surface area contributed by atoms with Crippen molar-refractivity contribution in [3.8, 4) is 10.6 Å². The van der Waals surface area contributed by atoms with E-state index in [1.807, 2.05) is 0 Å². The molecule has 4 nitrogen and oxygen atoms in total. The van der Waals surface area contributed by atoms with Crippen molar-refractivity contribution in [2.75, 3.05) is 13.2 Å². The molecule has 0 aliphatic rings. The summed E-state index contributed by atoms with van der Waals surface area (Å²) in [7, 11) is -3.90. The summed E-state index contributed by atoms with van der Waals surface area (Å²) < 4.78 is 37.1. The molecule has 0 N–H and O–H groups in total. The standard InChI is InChI=1S/C14H15Cl2FNO3PS/c1-3-20-22(19,21-4-2)13(17)12-8-23-14(18-12)9-5-6-10(15)11(16)7-9/h5-8,13H,3-4H2,1-2H3. The van der Waals surface area contributed by atoms with E-state index in [0.29, 0.717) is 20.6 Å². The molecule has 0 radical (unpaired) electrons. The molecule has 1 aromatic heterocycles. The largest absolute Gasteiger partial charge is 0.370 e. The van der Waals surface area contributed by atoms with Crippen molar-refractivity contribution in [3.05, 3.63) is 39.3 Å². The third kappa shape index (κ3) is 4.32. The van der Waals surface area contributed by atoms with E-state index >= 15 is 0 Å². The first kappa shape index (κ1) is 18.8. The van der Waals surface area contributed by atoms with Gasteiger partial charge in [-0.2, -0.15) is 0 Å². The van der Waals surface area contributed by atoms with Gasteiger partial charge in [-0.25, -0.2) is 9.37 Å². The summed E-state index contributed by atoms with van der Waals surface area (Å²) in [6.45, 7) is 3.42. The molecule has 2 aromatic rings. The van der Waals surface area contributed by atoms with E-state index in [1.165, 1.54) is 16.7 Å². The van der Waals surface area contributed by atoms with E-state index in [2.05, 4.69) is 4.98 Å². The molecule has 0 saturated heterocycles. The van der Waals surface area contributed by atoms with Crippen LogP contribution in [0.15, 0.2) is 23.6 Å². The number of thiazole rings is 1. The molecule has 1 heterocycles. The van der Waals surface area contributed by atoms with Crippen molar-refractivity contribution in [2.24, 2.45) is 0 Å². The van der Waals surface area contributed by atoms with Gasteiger partial charge >= 0.3 is 7.60 Å². The highest BCUT2D eigenvalue weighted by Gasteiger charge is 2.39. The molecule has 1 atom stereocenters. The average Bonchev–Trinajstić information content (AvgIpc) is 2.99. The number of benzene rings is 1. The van der Waals surface area contributed by atoms with Crippen molar-refractivity contribution >= 4 is 42.1 Å². The van der Waals surface area contributed by atoms with E-state index in [4.69, 9.17) is 32.2 Å². The number of alkyl halides is 1. The Morgan fingerprint density at radius 1 is 1.26 bits per heavy atom. The average molecular weight is 398 g/mol. The summed E-state index contributed by atoms with van der Waals surface area (Å²) in [5.41, 5.74) is 0.715. The molecule has 23 heavy (non-hydrogen) atoms. The molecular weight excluding hydrogens is 383 g/mol. The highest BCUT2D eigenvalue weighted by atomic mass is 35.5. The second-order valence-corrected chi connectivity index (χ2v) is 8.14. The van der Waals surface area contributed by atoms with Gasteiger partial charge in [0.2, 0.25) is 5.91 Å². The summed E-state index contributed by atoms with van der Waals surface area (Å²) in [5, 5.41) is 2.84. The van der Waals surface area contributed by atoms with Gasteiger partial charge in [-0.3, -0.25) is 4.57 Å². The number of aromatic nitrogens is 1. The van der Waals surface area contributed by atoms with Crippen LogP contribution in [0.5, 0.6) is 0 Å². The maximum Gasteiger partial charge on any atom is 0.370 e. The van der Waals surface area contributed by atoms with E-state index in [-0.39, 0.29) is 18.9 Å². The zero-order valence-corrected chi connectivity index (χ0v) is 15.7. The van der Waals surface area contributed by atoms with E-state index in [9.17, 15) is 8.96 Å². The van der Waals surface area contributed by atoms with Gasteiger partial charge in [0.15, 0.2) is 0 Å². The molecule has 0 fully saturated rings. The van der Waals surface area contributed by atoms with Crippen LogP contribution in [0.2, 0.25) is 10.0 Å². The predicted octanol–water partition coefficient (Wildman–Crippen LogP) is 6.35. The Morgan fingerprint density at radius 3 is 2.48 bits per heavy atom. The predicted molar refractivity (Wildman–Crippen MR) is 92.3 cm³/mol. The fourth-order valence-electron chi connectivity index (χ4n) is 1.85. The van der Waals surface area contributed by atoms with Gasteiger partial charge in [-0.1, -0.05) is 29.3 Å². The molecule has 0 saturated carbocycles. The lowest BCUT2D eigenvalue weighted by atomic mass is 10.2. The summed E-state index contributed by atoms with van der Waals surface area (Å²) in [6.07, 6.45) is 0. The van der Waals surface area contributed by atoms with Crippen molar-refractivity contribution in [1.29, 1.82) is 0 Å². The summed E-state index contributed by atoms with van der Waals surface area (Å²) in [4.78, 5) is 4.19. The lowest BCUT2D eigenvalue weighted by Crippen LogP contribution is -2.03. The first-order valence-electron chi connectivity index (χ1n) is 6.85. The number of hydrogen-bond acceptors (Lipinski definition) is 5. The summed E-state index contributed by atoms with van der Waals surface area (Å²) >= 11 is 13.1.